The van der Waals surface area contributed by atoms with Crippen LogP contribution in [0.25, 0.3) is 0 Å². The SMILES string of the molecule is O=c1nc(Cl)ccn1Cc1ccccc1. The molecule has 0 saturated carbocycles. The van der Waals surface area contributed by atoms with Crippen LogP contribution < -0.4 is 5.69 Å². The van der Waals surface area contributed by atoms with Gasteiger partial charge in [-0.05, 0) is 11.6 Å². The molecule has 0 N–H and O–H groups in total. The quantitative estimate of drug-likeness (QED) is 0.725. The summed E-state index contributed by atoms with van der Waals surface area (Å²) < 4.78 is 1.52. The van der Waals surface area contributed by atoms with Crippen LogP contribution >= 0.6 is 11.6 Å². The largest absolute Gasteiger partial charge is 0.349 e. The smallest absolute Gasteiger partial charge is 0.295 e. The second-order valence-corrected chi connectivity index (χ2v) is 3.53. The second kappa shape index (κ2) is 4.28. The molecule has 2 rings (SSSR count). The van der Waals surface area contributed by atoms with Crippen LogP contribution in [0, 0.1) is 0 Å². The van der Waals surface area contributed by atoms with E-state index in [4.69, 9.17) is 11.6 Å². The summed E-state index contributed by atoms with van der Waals surface area (Å²) in [5.41, 5.74) is 0.732. The van der Waals surface area contributed by atoms with Crippen molar-refractivity contribution in [2.45, 2.75) is 6.54 Å². The van der Waals surface area contributed by atoms with Crippen molar-refractivity contribution in [1.29, 1.82) is 0 Å². The number of halogens is 1. The Bertz CT molecular complexity index is 507. The third-order valence-electron chi connectivity index (χ3n) is 2.04. The van der Waals surface area contributed by atoms with E-state index in [0.717, 1.165) is 5.56 Å². The summed E-state index contributed by atoms with van der Waals surface area (Å²) in [7, 11) is 0. The highest BCUT2D eigenvalue weighted by atomic mass is 35.5. The van der Waals surface area contributed by atoms with E-state index in [-0.39, 0.29) is 10.8 Å². The van der Waals surface area contributed by atoms with Gasteiger partial charge in [0.25, 0.3) is 0 Å². The average Bonchev–Trinajstić information content (AvgIpc) is 2.24. The molecular weight excluding hydrogens is 212 g/mol. The molecule has 2 aromatic rings. The van der Waals surface area contributed by atoms with Crippen LogP contribution in [-0.2, 0) is 6.54 Å². The Labute approximate surface area is 92.0 Å². The number of rotatable bonds is 2. The highest BCUT2D eigenvalue weighted by Gasteiger charge is 1.98. The zero-order chi connectivity index (χ0) is 10.7. The monoisotopic (exact) mass is 220 g/mol. The third kappa shape index (κ3) is 2.44. The molecule has 0 amide bonds. The summed E-state index contributed by atoms with van der Waals surface area (Å²) in [4.78, 5) is 15.1. The van der Waals surface area contributed by atoms with Crippen LogP contribution in [0.3, 0.4) is 0 Å². The fourth-order valence-electron chi connectivity index (χ4n) is 1.31. The summed E-state index contributed by atoms with van der Waals surface area (Å²) in [6.45, 7) is 0.518. The van der Waals surface area contributed by atoms with Crippen molar-refractivity contribution < 1.29 is 0 Å². The summed E-state index contributed by atoms with van der Waals surface area (Å²) in [5.74, 6) is 0. The van der Waals surface area contributed by atoms with Crippen molar-refractivity contribution in [3.05, 3.63) is 63.8 Å². The van der Waals surface area contributed by atoms with Gasteiger partial charge in [0.1, 0.15) is 5.15 Å². The molecule has 1 aromatic carbocycles. The fourth-order valence-corrected chi connectivity index (χ4v) is 1.44. The van der Waals surface area contributed by atoms with E-state index in [1.165, 1.54) is 4.57 Å². The van der Waals surface area contributed by atoms with Crippen molar-refractivity contribution in [1.82, 2.24) is 9.55 Å². The van der Waals surface area contributed by atoms with E-state index < -0.39 is 0 Å². The van der Waals surface area contributed by atoms with Crippen LogP contribution in [0.2, 0.25) is 5.15 Å². The molecule has 0 fully saturated rings. The van der Waals surface area contributed by atoms with Crippen LogP contribution in [0.15, 0.2) is 47.4 Å². The average molecular weight is 221 g/mol. The minimum absolute atomic E-state index is 0.226. The minimum Gasteiger partial charge on any atom is -0.295 e. The van der Waals surface area contributed by atoms with Gasteiger partial charge in [0, 0.05) is 6.20 Å². The van der Waals surface area contributed by atoms with E-state index in [2.05, 4.69) is 4.98 Å². The Balaban J connectivity index is 2.29. The van der Waals surface area contributed by atoms with Gasteiger partial charge in [-0.15, -0.1) is 0 Å². The number of aromatic nitrogens is 2. The summed E-state index contributed by atoms with van der Waals surface area (Å²) in [6.07, 6.45) is 1.64. The number of nitrogens with zero attached hydrogens (tertiary/aromatic N) is 2. The van der Waals surface area contributed by atoms with Crippen molar-refractivity contribution in [3.63, 3.8) is 0 Å². The van der Waals surface area contributed by atoms with Crippen molar-refractivity contribution in [3.8, 4) is 0 Å². The lowest BCUT2D eigenvalue weighted by Crippen LogP contribution is -2.22. The molecule has 4 heteroatoms. The molecule has 0 spiro atoms. The molecule has 0 unspecified atom stereocenters. The Morgan fingerprint density at radius 1 is 1.20 bits per heavy atom. The zero-order valence-electron chi connectivity index (χ0n) is 7.93. The first-order valence-corrected chi connectivity index (χ1v) is 4.90. The summed E-state index contributed by atoms with van der Waals surface area (Å²) in [6, 6.07) is 11.3. The lowest BCUT2D eigenvalue weighted by Gasteiger charge is -2.04. The van der Waals surface area contributed by atoms with Gasteiger partial charge in [-0.3, -0.25) is 4.57 Å². The molecule has 0 aliphatic carbocycles. The molecule has 1 heterocycles. The van der Waals surface area contributed by atoms with Gasteiger partial charge in [0.2, 0.25) is 0 Å². The predicted octanol–water partition coefficient (Wildman–Crippen LogP) is 1.95. The van der Waals surface area contributed by atoms with Gasteiger partial charge in [0.15, 0.2) is 0 Å². The van der Waals surface area contributed by atoms with Gasteiger partial charge in [-0.1, -0.05) is 41.9 Å². The zero-order valence-corrected chi connectivity index (χ0v) is 8.69. The molecule has 0 aliphatic heterocycles. The second-order valence-electron chi connectivity index (χ2n) is 3.15. The van der Waals surface area contributed by atoms with E-state index in [9.17, 15) is 4.79 Å². The Morgan fingerprint density at radius 3 is 2.60 bits per heavy atom. The van der Waals surface area contributed by atoms with Crippen molar-refractivity contribution in [2.24, 2.45) is 0 Å². The lowest BCUT2D eigenvalue weighted by molar-refractivity contribution is 0.727. The molecule has 1 aromatic heterocycles. The van der Waals surface area contributed by atoms with Gasteiger partial charge in [0.05, 0.1) is 6.54 Å². The van der Waals surface area contributed by atoms with E-state index in [0.29, 0.717) is 6.54 Å². The molecule has 3 nitrogen and oxygen atoms in total. The summed E-state index contributed by atoms with van der Waals surface area (Å²) >= 11 is 5.60. The maximum absolute atomic E-state index is 11.4. The lowest BCUT2D eigenvalue weighted by atomic mass is 10.2. The van der Waals surface area contributed by atoms with Gasteiger partial charge >= 0.3 is 5.69 Å². The number of benzene rings is 1. The van der Waals surface area contributed by atoms with Gasteiger partial charge in [-0.2, -0.15) is 4.98 Å². The first-order chi connectivity index (χ1) is 7.25. The summed E-state index contributed by atoms with van der Waals surface area (Å²) in [5, 5.41) is 0.226. The Hall–Kier alpha value is -1.61. The molecular formula is C11H9ClN2O. The fraction of sp³-hybridized carbons (Fsp3) is 0.0909. The molecule has 0 saturated heterocycles. The molecule has 0 aliphatic rings. The standard InChI is InChI=1S/C11H9ClN2O/c12-10-6-7-14(11(15)13-10)8-9-4-2-1-3-5-9/h1-7H,8H2. The molecule has 15 heavy (non-hydrogen) atoms. The third-order valence-corrected chi connectivity index (χ3v) is 2.25. The van der Waals surface area contributed by atoms with Crippen molar-refractivity contribution in [2.75, 3.05) is 0 Å². The molecule has 0 radical (unpaired) electrons. The Morgan fingerprint density at radius 2 is 1.93 bits per heavy atom. The van der Waals surface area contributed by atoms with Crippen LogP contribution in [0.4, 0.5) is 0 Å². The van der Waals surface area contributed by atoms with E-state index >= 15 is 0 Å². The van der Waals surface area contributed by atoms with Crippen LogP contribution in [0.1, 0.15) is 5.56 Å². The molecule has 76 valence electrons. The van der Waals surface area contributed by atoms with Crippen molar-refractivity contribution >= 4 is 11.6 Å². The van der Waals surface area contributed by atoms with Gasteiger partial charge < -0.3 is 0 Å². The highest BCUT2D eigenvalue weighted by Crippen LogP contribution is 2.02. The maximum Gasteiger partial charge on any atom is 0.349 e. The highest BCUT2D eigenvalue weighted by molar-refractivity contribution is 6.29. The number of hydrogen-bond acceptors (Lipinski definition) is 2. The molecule has 0 bridgehead atoms. The molecule has 0 atom stereocenters. The van der Waals surface area contributed by atoms with E-state index in [1.807, 2.05) is 30.3 Å². The first kappa shape index (κ1) is 9.93. The predicted molar refractivity (Wildman–Crippen MR) is 59.1 cm³/mol. The van der Waals surface area contributed by atoms with Crippen LogP contribution in [0.5, 0.6) is 0 Å². The van der Waals surface area contributed by atoms with Gasteiger partial charge in [-0.25, -0.2) is 4.79 Å². The maximum atomic E-state index is 11.4. The first-order valence-electron chi connectivity index (χ1n) is 4.52. The Kier molecular flexibility index (Phi) is 2.83. The topological polar surface area (TPSA) is 34.9 Å². The minimum atomic E-state index is -0.327. The number of hydrogen-bond donors (Lipinski definition) is 0. The van der Waals surface area contributed by atoms with Crippen LogP contribution in [-0.4, -0.2) is 9.55 Å². The van der Waals surface area contributed by atoms with E-state index in [1.54, 1.807) is 12.3 Å². The normalized spacial score (nSPS) is 10.2.